The average Bonchev–Trinajstić information content (AvgIpc) is 3.03. The van der Waals surface area contributed by atoms with E-state index in [9.17, 15) is 8.42 Å². The lowest BCUT2D eigenvalue weighted by Gasteiger charge is -2.12. The second-order valence-electron chi connectivity index (χ2n) is 6.19. The number of nitrogens with zero attached hydrogens (tertiary/aromatic N) is 4. The van der Waals surface area contributed by atoms with Crippen LogP contribution in [-0.4, -0.2) is 28.2 Å². The fraction of sp³-hybridized carbons (Fsp3) is 0.105. The summed E-state index contributed by atoms with van der Waals surface area (Å²) in [5, 5.41) is 12.5. The fourth-order valence-corrected chi connectivity index (χ4v) is 4.15. The summed E-state index contributed by atoms with van der Waals surface area (Å²) >= 11 is 0. The number of anilines is 1. The Labute approximate surface area is 156 Å². The van der Waals surface area contributed by atoms with Crippen molar-refractivity contribution in [2.45, 2.75) is 18.7 Å². The Morgan fingerprint density at radius 1 is 0.926 bits per heavy atom. The van der Waals surface area contributed by atoms with Gasteiger partial charge in [-0.2, -0.15) is 9.61 Å². The predicted molar refractivity (Wildman–Crippen MR) is 103 cm³/mol. The Hall–Kier alpha value is -3.26. The Morgan fingerprint density at radius 2 is 1.70 bits per heavy atom. The van der Waals surface area contributed by atoms with E-state index >= 15 is 0 Å². The van der Waals surface area contributed by atoms with Crippen molar-refractivity contribution in [1.82, 2.24) is 19.8 Å². The zero-order valence-electron chi connectivity index (χ0n) is 14.8. The summed E-state index contributed by atoms with van der Waals surface area (Å²) in [6.07, 6.45) is 0. The van der Waals surface area contributed by atoms with Crippen molar-refractivity contribution in [2.75, 3.05) is 4.72 Å². The molecular weight excluding hydrogens is 362 g/mol. The summed E-state index contributed by atoms with van der Waals surface area (Å²) in [6, 6.07) is 17.7. The van der Waals surface area contributed by atoms with Crippen LogP contribution in [0.15, 0.2) is 65.6 Å². The minimum Gasteiger partial charge on any atom is -0.280 e. The van der Waals surface area contributed by atoms with Crippen LogP contribution in [0, 0.1) is 13.8 Å². The van der Waals surface area contributed by atoms with Gasteiger partial charge in [0.05, 0.1) is 10.6 Å². The molecule has 0 bridgehead atoms. The zero-order chi connectivity index (χ0) is 19.0. The first-order chi connectivity index (χ1) is 12.9. The van der Waals surface area contributed by atoms with Gasteiger partial charge in [0.15, 0.2) is 11.5 Å². The smallest absolute Gasteiger partial charge is 0.262 e. The second-order valence-corrected chi connectivity index (χ2v) is 7.84. The van der Waals surface area contributed by atoms with Crippen LogP contribution in [0.3, 0.4) is 0 Å². The molecule has 4 rings (SSSR count). The Morgan fingerprint density at radius 3 is 2.48 bits per heavy atom. The third-order valence-electron chi connectivity index (χ3n) is 4.22. The number of aryl methyl sites for hydroxylation is 2. The monoisotopic (exact) mass is 379 g/mol. The van der Waals surface area contributed by atoms with Crippen molar-refractivity contribution < 1.29 is 8.42 Å². The van der Waals surface area contributed by atoms with Gasteiger partial charge in [-0.15, -0.1) is 10.2 Å². The number of sulfonamides is 1. The minimum atomic E-state index is -3.72. The largest absolute Gasteiger partial charge is 0.280 e. The van der Waals surface area contributed by atoms with E-state index in [0.717, 1.165) is 0 Å². The van der Waals surface area contributed by atoms with E-state index in [2.05, 4.69) is 20.0 Å². The molecule has 7 nitrogen and oxygen atoms in total. The molecule has 4 aromatic rings. The number of benzene rings is 2. The van der Waals surface area contributed by atoms with Crippen molar-refractivity contribution in [3.63, 3.8) is 0 Å². The van der Waals surface area contributed by atoms with Gasteiger partial charge in [0.1, 0.15) is 0 Å². The molecule has 8 heteroatoms. The normalized spacial score (nSPS) is 11.6. The van der Waals surface area contributed by atoms with Crippen LogP contribution < -0.4 is 4.72 Å². The maximum Gasteiger partial charge on any atom is 0.262 e. The number of para-hydroxylation sites is 1. The number of rotatable bonds is 4. The van der Waals surface area contributed by atoms with Gasteiger partial charge in [0, 0.05) is 11.3 Å². The summed E-state index contributed by atoms with van der Waals surface area (Å²) in [5.41, 5.74) is 3.15. The van der Waals surface area contributed by atoms with Crippen LogP contribution in [-0.2, 0) is 10.0 Å². The Kier molecular flexibility index (Phi) is 4.12. The summed E-state index contributed by atoms with van der Waals surface area (Å²) in [5.74, 6) is 0.664. The van der Waals surface area contributed by atoms with Gasteiger partial charge in [-0.3, -0.25) is 4.72 Å². The van der Waals surface area contributed by atoms with E-state index in [1.165, 1.54) is 0 Å². The number of aromatic nitrogens is 4. The van der Waals surface area contributed by atoms with E-state index in [1.807, 2.05) is 19.1 Å². The van der Waals surface area contributed by atoms with Gasteiger partial charge < -0.3 is 0 Å². The highest BCUT2D eigenvalue weighted by Crippen LogP contribution is 2.25. The quantitative estimate of drug-likeness (QED) is 0.588. The van der Waals surface area contributed by atoms with Crippen molar-refractivity contribution in [3.8, 4) is 11.3 Å². The molecule has 0 aliphatic rings. The van der Waals surface area contributed by atoms with Crippen LogP contribution in [0.2, 0.25) is 0 Å². The first kappa shape index (κ1) is 17.2. The molecule has 0 spiro atoms. The fourth-order valence-electron chi connectivity index (χ4n) is 2.82. The van der Waals surface area contributed by atoms with Crippen molar-refractivity contribution in [2.24, 2.45) is 0 Å². The van der Waals surface area contributed by atoms with Crippen LogP contribution in [0.5, 0.6) is 0 Å². The van der Waals surface area contributed by atoms with Crippen molar-refractivity contribution in [3.05, 3.63) is 72.1 Å². The highest BCUT2D eigenvalue weighted by atomic mass is 32.2. The third kappa shape index (κ3) is 3.26. The maximum absolute atomic E-state index is 12.9. The molecule has 0 radical (unpaired) electrons. The first-order valence-corrected chi connectivity index (χ1v) is 9.80. The lowest BCUT2D eigenvalue weighted by atomic mass is 10.1. The Balaban J connectivity index is 1.77. The number of hydrogen-bond acceptors (Lipinski definition) is 5. The average molecular weight is 379 g/mol. The van der Waals surface area contributed by atoms with Gasteiger partial charge in [0.2, 0.25) is 0 Å². The molecule has 1 N–H and O–H groups in total. The number of fused-ring (bicyclic) bond motifs is 1. The molecule has 0 aliphatic heterocycles. The third-order valence-corrected chi connectivity index (χ3v) is 5.74. The summed E-state index contributed by atoms with van der Waals surface area (Å²) in [6.45, 7) is 3.58. The van der Waals surface area contributed by atoms with Gasteiger partial charge >= 0.3 is 0 Å². The molecule has 0 atom stereocenters. The predicted octanol–water partition coefficient (Wildman–Crippen LogP) is 3.21. The highest BCUT2D eigenvalue weighted by Gasteiger charge is 2.18. The standard InChI is InChI=1S/C19H17N5O2S/c1-13-8-9-15(17-10-11-19-21-20-14(2)24(19)22-17)12-18(13)27(25,26)23-16-6-4-3-5-7-16/h3-12,23H,1-2H3. The van der Waals surface area contributed by atoms with E-state index in [1.54, 1.807) is 60.0 Å². The molecule has 0 aliphatic carbocycles. The van der Waals surface area contributed by atoms with E-state index in [-0.39, 0.29) is 4.90 Å². The molecule has 27 heavy (non-hydrogen) atoms. The molecular formula is C19H17N5O2S. The molecule has 0 unspecified atom stereocenters. The summed E-state index contributed by atoms with van der Waals surface area (Å²) in [7, 11) is -3.72. The van der Waals surface area contributed by atoms with Gasteiger partial charge in [-0.05, 0) is 49.7 Å². The molecule has 0 fully saturated rings. The van der Waals surface area contributed by atoms with E-state index in [4.69, 9.17) is 0 Å². The van der Waals surface area contributed by atoms with Crippen LogP contribution in [0.25, 0.3) is 16.9 Å². The lowest BCUT2D eigenvalue weighted by molar-refractivity contribution is 0.600. The first-order valence-electron chi connectivity index (χ1n) is 8.32. The molecule has 2 aromatic heterocycles. The molecule has 2 heterocycles. The van der Waals surface area contributed by atoms with Gasteiger partial charge in [-0.25, -0.2) is 8.42 Å². The molecule has 2 aromatic carbocycles. The van der Waals surface area contributed by atoms with Crippen molar-refractivity contribution in [1.29, 1.82) is 0 Å². The molecule has 0 saturated carbocycles. The highest BCUT2D eigenvalue weighted by molar-refractivity contribution is 7.92. The SMILES string of the molecule is Cc1ccc(-c2ccc3nnc(C)n3n2)cc1S(=O)(=O)Nc1ccccc1. The number of nitrogens with one attached hydrogen (secondary N) is 1. The number of hydrogen-bond donors (Lipinski definition) is 1. The van der Waals surface area contributed by atoms with Gasteiger partial charge in [0.25, 0.3) is 10.0 Å². The van der Waals surface area contributed by atoms with E-state index < -0.39 is 10.0 Å². The lowest BCUT2D eigenvalue weighted by Crippen LogP contribution is -2.14. The maximum atomic E-state index is 12.9. The summed E-state index contributed by atoms with van der Waals surface area (Å²) in [4.78, 5) is 0.214. The van der Waals surface area contributed by atoms with E-state index in [0.29, 0.717) is 34.0 Å². The zero-order valence-corrected chi connectivity index (χ0v) is 15.6. The molecule has 0 amide bonds. The van der Waals surface area contributed by atoms with Crippen LogP contribution >= 0.6 is 0 Å². The topological polar surface area (TPSA) is 89.2 Å². The molecule has 136 valence electrons. The summed E-state index contributed by atoms with van der Waals surface area (Å²) < 4.78 is 30.0. The molecule has 0 saturated heterocycles. The van der Waals surface area contributed by atoms with Crippen LogP contribution in [0.4, 0.5) is 5.69 Å². The van der Waals surface area contributed by atoms with Crippen LogP contribution in [0.1, 0.15) is 11.4 Å². The Bertz CT molecular complexity index is 1230. The second kappa shape index (κ2) is 6.48. The minimum absolute atomic E-state index is 0.214. The van der Waals surface area contributed by atoms with Crippen molar-refractivity contribution >= 4 is 21.4 Å². The van der Waals surface area contributed by atoms with Gasteiger partial charge in [-0.1, -0.05) is 30.3 Å².